The Morgan fingerprint density at radius 3 is 2.36 bits per heavy atom. The van der Waals surface area contributed by atoms with Gasteiger partial charge >= 0.3 is 0 Å². The van der Waals surface area contributed by atoms with E-state index in [1.54, 1.807) is 7.11 Å². The molecule has 0 aliphatic carbocycles. The maximum Gasteiger partial charge on any atom is 0.291 e. The lowest BCUT2D eigenvalue weighted by molar-refractivity contribution is -0.348. The average molecular weight is 330 g/mol. The molecule has 4 nitrogen and oxygen atoms in total. The Labute approximate surface area is 147 Å². The summed E-state index contributed by atoms with van der Waals surface area (Å²) >= 11 is 0. The molecule has 0 aliphatic heterocycles. The Kier molecular flexibility index (Phi) is 4.96. The van der Waals surface area contributed by atoms with Crippen molar-refractivity contribution in [1.82, 2.24) is 0 Å². The molecule has 0 aliphatic rings. The van der Waals surface area contributed by atoms with Gasteiger partial charge in [-0.25, -0.2) is 4.98 Å². The average Bonchev–Trinajstić information content (AvgIpc) is 2.68. The van der Waals surface area contributed by atoms with Crippen LogP contribution in [0.3, 0.4) is 0 Å². The van der Waals surface area contributed by atoms with Gasteiger partial charge in [0.25, 0.3) is 5.82 Å². The van der Waals surface area contributed by atoms with Crippen LogP contribution < -0.4 is 15.0 Å². The Morgan fingerprint density at radius 1 is 1.00 bits per heavy atom. The first-order valence-corrected chi connectivity index (χ1v) is 8.13. The summed E-state index contributed by atoms with van der Waals surface area (Å²) < 4.78 is 5.20. The molecule has 0 radical (unpaired) electrons. The van der Waals surface area contributed by atoms with Gasteiger partial charge in [0.05, 0.1) is 7.11 Å². The van der Waals surface area contributed by atoms with E-state index < -0.39 is 0 Å². The van der Waals surface area contributed by atoms with Crippen LogP contribution in [0, 0.1) is 11.3 Å². The van der Waals surface area contributed by atoms with Crippen molar-refractivity contribution in [2.24, 2.45) is 0 Å². The van der Waals surface area contributed by atoms with E-state index in [4.69, 9.17) is 4.74 Å². The first kappa shape index (κ1) is 16.5. The van der Waals surface area contributed by atoms with E-state index in [2.05, 4.69) is 35.4 Å². The van der Waals surface area contributed by atoms with Crippen LogP contribution in [0.15, 0.2) is 66.7 Å². The summed E-state index contributed by atoms with van der Waals surface area (Å²) in [5.74, 6) is 1.53. The summed E-state index contributed by atoms with van der Waals surface area (Å²) in [5, 5.41) is 12.8. The van der Waals surface area contributed by atoms with Crippen molar-refractivity contribution in [2.75, 3.05) is 12.4 Å². The largest absolute Gasteiger partial charge is 0.497 e. The number of anilines is 1. The van der Waals surface area contributed by atoms with Gasteiger partial charge in [0.2, 0.25) is 0 Å². The number of pyridine rings is 1. The number of aromatic amines is 1. The highest BCUT2D eigenvalue weighted by Gasteiger charge is 2.17. The quantitative estimate of drug-likeness (QED) is 0.762. The van der Waals surface area contributed by atoms with Crippen molar-refractivity contribution in [3.8, 4) is 23.1 Å². The third-order valence-electron chi connectivity index (χ3n) is 4.13. The third-order valence-corrected chi connectivity index (χ3v) is 4.13. The van der Waals surface area contributed by atoms with E-state index in [1.165, 1.54) is 0 Å². The van der Waals surface area contributed by atoms with Gasteiger partial charge < -0.3 is 4.74 Å². The first-order chi connectivity index (χ1) is 12.2. The second-order valence-electron chi connectivity index (χ2n) is 5.78. The lowest BCUT2D eigenvalue weighted by Gasteiger charge is -2.11. The number of H-pyrrole nitrogens is 1. The maximum atomic E-state index is 9.41. The Morgan fingerprint density at radius 2 is 1.72 bits per heavy atom. The highest BCUT2D eigenvalue weighted by Crippen LogP contribution is 2.23. The summed E-state index contributed by atoms with van der Waals surface area (Å²) in [6, 6.07) is 24.0. The molecule has 0 amide bonds. The summed E-state index contributed by atoms with van der Waals surface area (Å²) in [4.78, 5) is 3.34. The van der Waals surface area contributed by atoms with E-state index in [0.29, 0.717) is 11.4 Å². The lowest BCUT2D eigenvalue weighted by atomic mass is 10.1. The number of aromatic nitrogens is 1. The SMILES string of the molecule is COc1ccc(-c2ccc(C#N)c(N[C@@H](C)c3ccccc3)[nH+]2)cc1. The standard InChI is InChI=1S/C21H19N3O/c1-15(16-6-4-3-5-7-16)23-21-18(14-22)10-13-20(24-21)17-8-11-19(25-2)12-9-17/h3-13,15H,1-2H3,(H,23,24)/p+1/t15-/m0/s1. The van der Waals surface area contributed by atoms with Crippen molar-refractivity contribution >= 4 is 5.82 Å². The normalized spacial score (nSPS) is 11.4. The fraction of sp³-hybridized carbons (Fsp3) is 0.143. The maximum absolute atomic E-state index is 9.41. The number of hydrogen-bond acceptors (Lipinski definition) is 3. The monoisotopic (exact) mass is 330 g/mol. The third kappa shape index (κ3) is 3.78. The number of nitrogens with one attached hydrogen (secondary N) is 2. The van der Waals surface area contributed by atoms with Crippen molar-refractivity contribution in [3.05, 3.63) is 77.9 Å². The van der Waals surface area contributed by atoms with Crippen LogP contribution in [0.5, 0.6) is 5.75 Å². The highest BCUT2D eigenvalue weighted by atomic mass is 16.5. The van der Waals surface area contributed by atoms with Gasteiger partial charge in [-0.2, -0.15) is 5.26 Å². The number of methoxy groups -OCH3 is 1. The second-order valence-corrected chi connectivity index (χ2v) is 5.78. The van der Waals surface area contributed by atoms with Crippen LogP contribution in [0.1, 0.15) is 24.1 Å². The molecule has 0 bridgehead atoms. The minimum absolute atomic E-state index is 0.0793. The second kappa shape index (κ2) is 7.50. The van der Waals surface area contributed by atoms with Crippen molar-refractivity contribution in [2.45, 2.75) is 13.0 Å². The zero-order chi connectivity index (χ0) is 17.6. The molecule has 0 saturated heterocycles. The van der Waals surface area contributed by atoms with Crippen LogP contribution in [0.2, 0.25) is 0 Å². The first-order valence-electron chi connectivity index (χ1n) is 8.13. The molecule has 1 aromatic heterocycles. The molecule has 0 spiro atoms. The van der Waals surface area contributed by atoms with E-state index >= 15 is 0 Å². The smallest absolute Gasteiger partial charge is 0.291 e. The van der Waals surface area contributed by atoms with Crippen LogP contribution in [0.4, 0.5) is 5.82 Å². The fourth-order valence-electron chi connectivity index (χ4n) is 2.68. The molecular weight excluding hydrogens is 310 g/mol. The molecule has 4 heteroatoms. The Hall–Kier alpha value is -3.32. The van der Waals surface area contributed by atoms with Gasteiger partial charge in [0, 0.05) is 5.56 Å². The molecular formula is C21H20N3O+. The summed E-state index contributed by atoms with van der Waals surface area (Å²) in [6.07, 6.45) is 0. The minimum atomic E-state index is 0.0793. The summed E-state index contributed by atoms with van der Waals surface area (Å²) in [6.45, 7) is 2.07. The van der Waals surface area contributed by atoms with Crippen molar-refractivity contribution in [1.29, 1.82) is 5.26 Å². The predicted molar refractivity (Wildman–Crippen MR) is 98.2 cm³/mol. The number of hydrogen-bond donors (Lipinski definition) is 1. The lowest BCUT2D eigenvalue weighted by Crippen LogP contribution is -2.19. The number of benzene rings is 2. The summed E-state index contributed by atoms with van der Waals surface area (Å²) in [7, 11) is 1.65. The topological polar surface area (TPSA) is 59.2 Å². The van der Waals surface area contributed by atoms with Crippen LogP contribution in [0.25, 0.3) is 11.3 Å². The molecule has 2 N–H and O–H groups in total. The highest BCUT2D eigenvalue weighted by molar-refractivity contribution is 5.60. The van der Waals surface area contributed by atoms with Gasteiger partial charge in [0.1, 0.15) is 29.1 Å². The van der Waals surface area contributed by atoms with E-state index in [0.717, 1.165) is 22.6 Å². The molecule has 0 saturated carbocycles. The molecule has 25 heavy (non-hydrogen) atoms. The summed E-state index contributed by atoms with van der Waals surface area (Å²) in [5.41, 5.74) is 3.71. The van der Waals surface area contributed by atoms with Gasteiger partial charge in [-0.1, -0.05) is 30.3 Å². The zero-order valence-electron chi connectivity index (χ0n) is 14.3. The number of nitrogens with zero attached hydrogens (tertiary/aromatic N) is 1. The van der Waals surface area contributed by atoms with E-state index in [1.807, 2.05) is 54.6 Å². The molecule has 124 valence electrons. The Balaban J connectivity index is 1.91. The molecule has 1 atom stereocenters. The fourth-order valence-corrected chi connectivity index (χ4v) is 2.68. The molecule has 3 rings (SSSR count). The van der Waals surface area contributed by atoms with Crippen molar-refractivity contribution < 1.29 is 9.72 Å². The number of ether oxygens (including phenoxy) is 1. The molecule has 0 unspecified atom stereocenters. The van der Waals surface area contributed by atoms with Crippen LogP contribution >= 0.6 is 0 Å². The van der Waals surface area contributed by atoms with Gasteiger partial charge in [0.15, 0.2) is 0 Å². The predicted octanol–water partition coefficient (Wildman–Crippen LogP) is 4.22. The molecule has 1 heterocycles. The number of rotatable bonds is 5. The van der Waals surface area contributed by atoms with Gasteiger partial charge in [-0.05, 0) is 48.9 Å². The van der Waals surface area contributed by atoms with Crippen LogP contribution in [-0.4, -0.2) is 7.11 Å². The minimum Gasteiger partial charge on any atom is -0.497 e. The van der Waals surface area contributed by atoms with Gasteiger partial charge in [-0.3, -0.25) is 5.32 Å². The number of nitriles is 1. The molecule has 0 fully saturated rings. The van der Waals surface area contributed by atoms with Gasteiger partial charge in [-0.15, -0.1) is 0 Å². The van der Waals surface area contributed by atoms with E-state index in [-0.39, 0.29) is 6.04 Å². The molecule has 3 aromatic rings. The van der Waals surface area contributed by atoms with Crippen molar-refractivity contribution in [3.63, 3.8) is 0 Å². The Bertz CT molecular complexity index is 883. The van der Waals surface area contributed by atoms with E-state index in [9.17, 15) is 5.26 Å². The zero-order valence-corrected chi connectivity index (χ0v) is 14.3. The van der Waals surface area contributed by atoms with Crippen LogP contribution in [-0.2, 0) is 0 Å². The molecule has 2 aromatic carbocycles.